The lowest BCUT2D eigenvalue weighted by Gasteiger charge is -2.21. The van der Waals surface area contributed by atoms with Crippen molar-refractivity contribution in [1.82, 2.24) is 19.5 Å². The minimum Gasteiger partial charge on any atom is -0.479 e. The van der Waals surface area contributed by atoms with Crippen LogP contribution in [0.25, 0.3) is 11.2 Å². The fourth-order valence-electron chi connectivity index (χ4n) is 6.31. The Morgan fingerprint density at radius 1 is 0.943 bits per heavy atom. The number of nitrogens with zero attached hydrogens (tertiary/aromatic N) is 4. The number of aliphatic hydroxyl groups is 1. The molecule has 0 aliphatic carbocycles. The lowest BCUT2D eigenvalue weighted by molar-refractivity contribution is -0.0484. The number of methoxy groups -OCH3 is 1. The first-order chi connectivity index (χ1) is 25.6. The van der Waals surface area contributed by atoms with Crippen LogP contribution < -0.4 is 4.74 Å². The Hall–Kier alpha value is -1.29. The van der Waals surface area contributed by atoms with Crippen molar-refractivity contribution in [3.05, 3.63) is 11.6 Å². The summed E-state index contributed by atoms with van der Waals surface area (Å²) in [5, 5.41) is 10.4. The number of unbranched alkanes of at least 4 members (excludes halogenated alkanes) is 16. The smallest absolute Gasteiger partial charge is 0.472 e. The number of rotatable bonds is 31. The number of fused-ring (bicyclic) bond motifs is 1. The van der Waals surface area contributed by atoms with Crippen LogP contribution in [-0.2, 0) is 33.9 Å². The highest BCUT2D eigenvalue weighted by atomic mass is 35.5. The number of phosphoric acid groups is 1. The van der Waals surface area contributed by atoms with Gasteiger partial charge in [-0.3, -0.25) is 17.8 Å². The standard InChI is InChI=1S/C36H63ClFN4O9PS/c1-4-6-8-10-12-14-15-17-19-21-23-53(46)26-28(48-22-20-18-16-13-11-9-7-5-2)24-49-52(44,45)50-25-29-32(43)30(38)35(51-29)42-27-39-31-33(42)40-36(37)41-34(31)47-3/h27-30,32,35,43H,4-26H2,1-3H3,(H,44,45)/t28?,29-,30+,32-,35-,53?/m1/s1. The largest absolute Gasteiger partial charge is 0.479 e. The van der Waals surface area contributed by atoms with Crippen molar-refractivity contribution in [3.8, 4) is 5.88 Å². The summed E-state index contributed by atoms with van der Waals surface area (Å²) in [5.41, 5.74) is 0.321. The van der Waals surface area contributed by atoms with Crippen LogP contribution in [0.5, 0.6) is 5.88 Å². The van der Waals surface area contributed by atoms with Crippen molar-refractivity contribution < 1.29 is 46.4 Å². The summed E-state index contributed by atoms with van der Waals surface area (Å²) in [6.07, 6.45) is 15.1. The van der Waals surface area contributed by atoms with Gasteiger partial charge in [0.05, 0.1) is 38.5 Å². The van der Waals surface area contributed by atoms with Crippen LogP contribution in [0.4, 0.5) is 4.39 Å². The molecule has 1 saturated heterocycles. The number of alkyl halides is 1. The fourth-order valence-corrected chi connectivity index (χ4v) is 8.53. The van der Waals surface area contributed by atoms with E-state index in [1.165, 1.54) is 95.1 Å². The van der Waals surface area contributed by atoms with E-state index in [0.717, 1.165) is 38.5 Å². The average Bonchev–Trinajstić information content (AvgIpc) is 3.68. The second kappa shape index (κ2) is 25.8. The first-order valence-electron chi connectivity index (χ1n) is 19.6. The molecule has 0 bridgehead atoms. The summed E-state index contributed by atoms with van der Waals surface area (Å²) in [5.74, 6) is 0.774. The number of aliphatic hydroxyl groups excluding tert-OH is 1. The van der Waals surface area contributed by atoms with E-state index in [1.54, 1.807) is 0 Å². The van der Waals surface area contributed by atoms with E-state index in [2.05, 4.69) is 28.8 Å². The third-order valence-electron chi connectivity index (χ3n) is 9.40. The molecule has 306 valence electrons. The van der Waals surface area contributed by atoms with Crippen LogP contribution in [0.3, 0.4) is 0 Å². The molecule has 53 heavy (non-hydrogen) atoms. The van der Waals surface area contributed by atoms with Crippen LogP contribution in [0.2, 0.25) is 5.28 Å². The molecule has 1 aliphatic heterocycles. The molecule has 0 amide bonds. The molecule has 0 saturated carbocycles. The maximum Gasteiger partial charge on any atom is 0.472 e. The zero-order valence-corrected chi connectivity index (χ0v) is 34.3. The number of phosphoric ester groups is 1. The van der Waals surface area contributed by atoms with Gasteiger partial charge in [-0.25, -0.2) is 13.9 Å². The molecule has 1 fully saturated rings. The van der Waals surface area contributed by atoms with Gasteiger partial charge >= 0.3 is 7.82 Å². The van der Waals surface area contributed by atoms with E-state index in [9.17, 15) is 18.8 Å². The predicted molar refractivity (Wildman–Crippen MR) is 205 cm³/mol. The minimum absolute atomic E-state index is 0.0775. The highest BCUT2D eigenvalue weighted by Crippen LogP contribution is 2.45. The van der Waals surface area contributed by atoms with E-state index < -0.39 is 55.9 Å². The Labute approximate surface area is 322 Å². The molecule has 13 nitrogen and oxygen atoms in total. The second-order valence-electron chi connectivity index (χ2n) is 13.8. The summed E-state index contributed by atoms with van der Waals surface area (Å²) in [6.45, 7) is 3.87. The molecule has 7 atom stereocenters. The van der Waals surface area contributed by atoms with Gasteiger partial charge in [0.25, 0.3) is 0 Å². The van der Waals surface area contributed by atoms with Gasteiger partial charge in [-0.15, -0.1) is 0 Å². The zero-order chi connectivity index (χ0) is 38.5. The molecular weight excluding hydrogens is 750 g/mol. The lowest BCUT2D eigenvalue weighted by Crippen LogP contribution is -2.31. The maximum absolute atomic E-state index is 15.3. The molecule has 0 spiro atoms. The number of imidazole rings is 1. The molecule has 17 heteroatoms. The Kier molecular flexibility index (Phi) is 22.4. The van der Waals surface area contributed by atoms with Crippen molar-refractivity contribution in [3.63, 3.8) is 0 Å². The van der Waals surface area contributed by atoms with Crippen molar-refractivity contribution in [2.75, 3.05) is 38.4 Å². The summed E-state index contributed by atoms with van der Waals surface area (Å²) in [6, 6.07) is 0. The van der Waals surface area contributed by atoms with Gasteiger partial charge in [0.15, 0.2) is 23.6 Å². The Morgan fingerprint density at radius 2 is 1.53 bits per heavy atom. The van der Waals surface area contributed by atoms with Gasteiger partial charge in [-0.1, -0.05) is 117 Å². The van der Waals surface area contributed by atoms with Crippen molar-refractivity contribution >= 4 is 41.4 Å². The van der Waals surface area contributed by atoms with Crippen LogP contribution in [-0.4, -0.2) is 96.6 Å². The van der Waals surface area contributed by atoms with Crippen LogP contribution in [0, 0.1) is 0 Å². The third-order valence-corrected chi connectivity index (χ3v) is 12.0. The van der Waals surface area contributed by atoms with E-state index in [-0.39, 0.29) is 34.7 Å². The fraction of sp³-hybridized carbons (Fsp3) is 0.861. The molecule has 2 N–H and O–H groups in total. The maximum atomic E-state index is 15.3. The molecule has 0 aromatic carbocycles. The topological polar surface area (TPSA) is 164 Å². The molecule has 0 radical (unpaired) electrons. The summed E-state index contributed by atoms with van der Waals surface area (Å²) in [4.78, 5) is 22.7. The lowest BCUT2D eigenvalue weighted by atomic mass is 10.1. The highest BCUT2D eigenvalue weighted by Gasteiger charge is 2.47. The van der Waals surface area contributed by atoms with E-state index in [4.69, 9.17) is 34.9 Å². The van der Waals surface area contributed by atoms with Crippen molar-refractivity contribution in [2.45, 2.75) is 160 Å². The van der Waals surface area contributed by atoms with Gasteiger partial charge in [-0.05, 0) is 24.4 Å². The third kappa shape index (κ3) is 16.8. The van der Waals surface area contributed by atoms with E-state index in [1.807, 2.05) is 0 Å². The molecule has 2 aromatic rings. The Balaban J connectivity index is 1.47. The summed E-state index contributed by atoms with van der Waals surface area (Å²) >= 11 is 5.99. The van der Waals surface area contributed by atoms with Gasteiger partial charge < -0.3 is 24.2 Å². The van der Waals surface area contributed by atoms with Gasteiger partial charge in [-0.2, -0.15) is 9.97 Å². The van der Waals surface area contributed by atoms with E-state index in [0.29, 0.717) is 12.4 Å². The predicted octanol–water partition coefficient (Wildman–Crippen LogP) is 8.41. The normalized spacial score (nSPS) is 21.3. The first kappa shape index (κ1) is 46.1. The van der Waals surface area contributed by atoms with Crippen molar-refractivity contribution in [2.24, 2.45) is 0 Å². The number of aromatic nitrogens is 4. The second-order valence-corrected chi connectivity index (χ2v) is 17.3. The monoisotopic (exact) mass is 812 g/mol. The van der Waals surface area contributed by atoms with Crippen LogP contribution in [0.15, 0.2) is 6.33 Å². The minimum atomic E-state index is -4.70. The van der Waals surface area contributed by atoms with Crippen LogP contribution >= 0.6 is 19.4 Å². The SMILES string of the molecule is CCCCCCCCCCCCS(=O)CC(COP(=O)(O)OC[C@H]1O[C@@H](n2cnc3c(OC)nc(Cl)nc32)[C@@H](F)[C@@H]1O)OCCCCCCCCCC. The molecule has 3 rings (SSSR count). The molecular formula is C36H63ClFN4O9PS. The number of ether oxygens (including phenoxy) is 3. The van der Waals surface area contributed by atoms with Gasteiger partial charge in [0, 0.05) is 23.2 Å². The zero-order valence-electron chi connectivity index (χ0n) is 31.9. The molecule has 3 heterocycles. The van der Waals surface area contributed by atoms with Crippen molar-refractivity contribution in [1.29, 1.82) is 0 Å². The number of halogens is 2. The van der Waals surface area contributed by atoms with Crippen LogP contribution in [0.1, 0.15) is 136 Å². The molecule has 1 aliphatic rings. The van der Waals surface area contributed by atoms with Gasteiger partial charge in [0.2, 0.25) is 11.2 Å². The molecule has 2 aromatic heterocycles. The number of hydrogen-bond acceptors (Lipinski definition) is 11. The quantitative estimate of drug-likeness (QED) is 0.0425. The summed E-state index contributed by atoms with van der Waals surface area (Å²) < 4.78 is 69.8. The Bertz CT molecular complexity index is 1380. The van der Waals surface area contributed by atoms with Gasteiger partial charge in [0.1, 0.15) is 12.2 Å². The number of hydrogen-bond donors (Lipinski definition) is 2. The first-order valence-corrected chi connectivity index (χ1v) is 23.0. The highest BCUT2D eigenvalue weighted by molar-refractivity contribution is 7.85. The summed E-state index contributed by atoms with van der Waals surface area (Å²) in [7, 11) is -4.52. The van der Waals surface area contributed by atoms with E-state index >= 15 is 4.39 Å². The molecule has 3 unspecified atom stereocenters. The average molecular weight is 813 g/mol. The Morgan fingerprint density at radius 3 is 2.13 bits per heavy atom.